The van der Waals surface area contributed by atoms with E-state index in [0.717, 1.165) is 22.5 Å². The van der Waals surface area contributed by atoms with E-state index in [2.05, 4.69) is 105 Å². The fourth-order valence-electron chi connectivity index (χ4n) is 4.31. The lowest BCUT2D eigenvalue weighted by Gasteiger charge is -2.29. The first kappa shape index (κ1) is 24.3. The van der Waals surface area contributed by atoms with Crippen LogP contribution in [0, 0.1) is 13.8 Å². The molecule has 164 valence electrons. The topological polar surface area (TPSA) is 9.23 Å². The van der Waals surface area contributed by atoms with Crippen LogP contribution >= 0.6 is 18.9 Å². The first-order valence-corrected chi connectivity index (χ1v) is 12.8. The smallest absolute Gasteiger partial charge is 0.123 e. The van der Waals surface area contributed by atoms with Crippen molar-refractivity contribution in [3.8, 4) is 5.75 Å². The number of hydrogen-bond donors (Lipinski definition) is 0. The van der Waals surface area contributed by atoms with E-state index in [4.69, 9.17) is 16.3 Å². The summed E-state index contributed by atoms with van der Waals surface area (Å²) in [5.41, 5.74) is 3.55. The minimum absolute atomic E-state index is 0. The van der Waals surface area contributed by atoms with Gasteiger partial charge in [0.25, 0.3) is 0 Å². The van der Waals surface area contributed by atoms with Crippen LogP contribution in [0.1, 0.15) is 16.7 Å². The highest BCUT2D eigenvalue weighted by Gasteiger charge is 2.46. The van der Waals surface area contributed by atoms with Crippen molar-refractivity contribution in [2.75, 3.05) is 7.11 Å². The first-order chi connectivity index (χ1) is 15.1. The van der Waals surface area contributed by atoms with Crippen LogP contribution in [0.15, 0.2) is 97.1 Å². The van der Waals surface area contributed by atoms with E-state index in [1.807, 2.05) is 6.07 Å². The maximum atomic E-state index is 6.89. The lowest BCUT2D eigenvalue weighted by molar-refractivity contribution is -0.00000639. The quantitative estimate of drug-likeness (QED) is 0.384. The molecule has 0 aliphatic carbocycles. The van der Waals surface area contributed by atoms with Crippen molar-refractivity contribution < 1.29 is 17.1 Å². The van der Waals surface area contributed by atoms with Crippen LogP contribution in [0.2, 0.25) is 5.02 Å². The molecule has 0 aliphatic heterocycles. The van der Waals surface area contributed by atoms with Gasteiger partial charge in [-0.15, -0.1) is 0 Å². The van der Waals surface area contributed by atoms with Gasteiger partial charge in [0, 0.05) is 5.56 Å². The van der Waals surface area contributed by atoms with E-state index in [0.29, 0.717) is 0 Å². The molecule has 0 fully saturated rings. The molecule has 0 saturated heterocycles. The van der Waals surface area contributed by atoms with Crippen molar-refractivity contribution in [1.82, 2.24) is 0 Å². The van der Waals surface area contributed by atoms with E-state index < -0.39 is 7.26 Å². The largest absolute Gasteiger partial charge is 1.00 e. The van der Waals surface area contributed by atoms with Gasteiger partial charge in [-0.1, -0.05) is 66.2 Å². The number of rotatable bonds is 6. The summed E-state index contributed by atoms with van der Waals surface area (Å²) in [6.45, 7) is 4.27. The molecule has 0 unspecified atom stereocenters. The second-order valence-corrected chi connectivity index (χ2v) is 11.7. The predicted octanol–water partition coefficient (Wildman–Crippen LogP) is 3.46. The SMILES string of the molecule is COc1cc(Cl)c(C[P+](c2ccccc2)(c2ccccc2)c2ccccc2)c(C)c1C.[Cl-]. The molecular weight excluding hydrogens is 454 g/mol. The summed E-state index contributed by atoms with van der Waals surface area (Å²) in [5.74, 6) is 0.842. The van der Waals surface area contributed by atoms with Gasteiger partial charge in [0.05, 0.1) is 12.1 Å². The predicted molar refractivity (Wildman–Crippen MR) is 136 cm³/mol. The molecule has 0 N–H and O–H groups in total. The Morgan fingerprint density at radius 3 is 1.47 bits per heavy atom. The number of methoxy groups -OCH3 is 1. The number of halogens is 2. The maximum Gasteiger partial charge on any atom is 0.123 e. The molecule has 0 spiro atoms. The highest BCUT2D eigenvalue weighted by Crippen LogP contribution is 2.59. The summed E-state index contributed by atoms with van der Waals surface area (Å²) >= 11 is 6.89. The first-order valence-electron chi connectivity index (χ1n) is 10.5. The lowest BCUT2D eigenvalue weighted by atomic mass is 10.0. The van der Waals surface area contributed by atoms with Crippen molar-refractivity contribution in [3.05, 3.63) is 119 Å². The highest BCUT2D eigenvalue weighted by atomic mass is 35.5. The molecule has 4 rings (SSSR count). The third kappa shape index (κ3) is 4.44. The Bertz CT molecular complexity index is 1070. The Labute approximate surface area is 203 Å². The van der Waals surface area contributed by atoms with Crippen LogP contribution < -0.4 is 33.1 Å². The number of ether oxygens (including phenoxy) is 1. The minimum atomic E-state index is -2.00. The fraction of sp³-hybridized carbons (Fsp3) is 0.143. The standard InChI is InChI=1S/C28H27ClOP.ClH/c1-21-22(2)28(30-3)19-27(29)26(21)20-31(23-13-7-4-8-14-23,24-15-9-5-10-16-24)25-17-11-6-12-18-25;/h4-19H,20H2,1-3H3;1H/q+1;/p-1. The summed E-state index contributed by atoms with van der Waals surface area (Å²) in [5, 5.41) is 4.84. The van der Waals surface area contributed by atoms with Crippen LogP contribution in [0.5, 0.6) is 5.75 Å². The second-order valence-electron chi connectivity index (χ2n) is 7.76. The van der Waals surface area contributed by atoms with Crippen molar-refractivity contribution in [3.63, 3.8) is 0 Å². The van der Waals surface area contributed by atoms with E-state index in [-0.39, 0.29) is 12.4 Å². The van der Waals surface area contributed by atoms with E-state index >= 15 is 0 Å². The highest BCUT2D eigenvalue weighted by molar-refractivity contribution is 7.95. The Balaban J connectivity index is 0.00000289. The van der Waals surface area contributed by atoms with Gasteiger partial charge in [-0.05, 0) is 67.4 Å². The average Bonchev–Trinajstić information content (AvgIpc) is 2.83. The van der Waals surface area contributed by atoms with Crippen LogP contribution in [0.3, 0.4) is 0 Å². The Hall–Kier alpha value is -2.31. The van der Waals surface area contributed by atoms with Gasteiger partial charge in [0.15, 0.2) is 0 Å². The maximum absolute atomic E-state index is 6.89. The summed E-state index contributed by atoms with van der Waals surface area (Å²) in [4.78, 5) is 0. The van der Waals surface area contributed by atoms with Crippen molar-refractivity contribution in [2.45, 2.75) is 20.0 Å². The van der Waals surface area contributed by atoms with Gasteiger partial charge in [0.1, 0.15) is 35.1 Å². The minimum Gasteiger partial charge on any atom is -1.00 e. The Morgan fingerprint density at radius 2 is 1.09 bits per heavy atom. The average molecular weight is 481 g/mol. The number of benzene rings is 4. The summed E-state index contributed by atoms with van der Waals surface area (Å²) in [6.07, 6.45) is 0.862. The Morgan fingerprint density at radius 1 is 0.688 bits per heavy atom. The third-order valence-corrected chi connectivity index (χ3v) is 10.8. The van der Waals surface area contributed by atoms with Crippen molar-refractivity contribution >= 4 is 34.8 Å². The van der Waals surface area contributed by atoms with Gasteiger partial charge in [-0.2, -0.15) is 0 Å². The zero-order valence-corrected chi connectivity index (χ0v) is 21.0. The third-order valence-electron chi connectivity index (χ3n) is 6.14. The normalized spacial score (nSPS) is 11.0. The molecule has 4 heteroatoms. The van der Waals surface area contributed by atoms with E-state index in [1.54, 1.807) is 7.11 Å². The van der Waals surface area contributed by atoms with Crippen LogP contribution in [0.25, 0.3) is 0 Å². The number of hydrogen-bond acceptors (Lipinski definition) is 1. The summed E-state index contributed by atoms with van der Waals surface area (Å²) in [6, 6.07) is 34.7. The molecule has 0 saturated carbocycles. The lowest BCUT2D eigenvalue weighted by Crippen LogP contribution is -3.00. The molecule has 0 heterocycles. The molecular formula is C28H27Cl2OP. The van der Waals surface area contributed by atoms with Gasteiger partial charge in [0.2, 0.25) is 0 Å². The van der Waals surface area contributed by atoms with Gasteiger partial charge < -0.3 is 17.1 Å². The molecule has 32 heavy (non-hydrogen) atoms. The van der Waals surface area contributed by atoms with Crippen LogP contribution in [-0.2, 0) is 6.16 Å². The zero-order chi connectivity index (χ0) is 21.8. The fourth-order valence-corrected chi connectivity index (χ4v) is 9.08. The Kier molecular flexibility index (Phi) is 8.01. The van der Waals surface area contributed by atoms with Crippen LogP contribution in [0.4, 0.5) is 0 Å². The van der Waals surface area contributed by atoms with Gasteiger partial charge in [-0.25, -0.2) is 0 Å². The molecule has 0 amide bonds. The van der Waals surface area contributed by atoms with E-state index in [9.17, 15) is 0 Å². The monoisotopic (exact) mass is 480 g/mol. The molecule has 4 aromatic carbocycles. The molecule has 4 aromatic rings. The van der Waals surface area contributed by atoms with Gasteiger partial charge in [-0.3, -0.25) is 0 Å². The second kappa shape index (κ2) is 10.5. The summed E-state index contributed by atoms with van der Waals surface area (Å²) in [7, 11) is -0.296. The van der Waals surface area contributed by atoms with Crippen LogP contribution in [-0.4, -0.2) is 7.11 Å². The molecule has 0 aliphatic rings. The zero-order valence-electron chi connectivity index (χ0n) is 18.6. The molecule has 0 bridgehead atoms. The summed E-state index contributed by atoms with van der Waals surface area (Å²) < 4.78 is 5.57. The molecule has 0 aromatic heterocycles. The molecule has 0 radical (unpaired) electrons. The van der Waals surface area contributed by atoms with E-state index in [1.165, 1.54) is 27.0 Å². The van der Waals surface area contributed by atoms with Crippen molar-refractivity contribution in [2.24, 2.45) is 0 Å². The molecule has 0 atom stereocenters. The molecule has 1 nitrogen and oxygen atoms in total. The van der Waals surface area contributed by atoms with Gasteiger partial charge >= 0.3 is 0 Å². The van der Waals surface area contributed by atoms with Crippen molar-refractivity contribution in [1.29, 1.82) is 0 Å².